The van der Waals surface area contributed by atoms with Gasteiger partial charge >= 0.3 is 0 Å². The molecule has 1 unspecified atom stereocenters. The van der Waals surface area contributed by atoms with Crippen molar-refractivity contribution in [2.75, 3.05) is 12.8 Å². The van der Waals surface area contributed by atoms with Crippen LogP contribution < -0.4 is 10.5 Å². The number of aromatic nitrogens is 4. The molecule has 3 rings (SSSR count). The number of H-pyrrole nitrogens is 1. The molecule has 0 saturated carbocycles. The monoisotopic (exact) mass is 473 g/mol. The second-order valence-electron chi connectivity index (χ2n) is 6.43. The Balaban J connectivity index is 2.24. The van der Waals surface area contributed by atoms with E-state index in [-0.39, 0.29) is 5.92 Å². The molecule has 6 nitrogen and oxygen atoms in total. The third-order valence-corrected chi connectivity index (χ3v) is 5.38. The number of aromatic amines is 1. The lowest BCUT2D eigenvalue weighted by Gasteiger charge is -2.21. The molecule has 0 aliphatic rings. The van der Waals surface area contributed by atoms with Crippen LogP contribution >= 0.6 is 27.5 Å². The van der Waals surface area contributed by atoms with Crippen molar-refractivity contribution in [3.05, 3.63) is 75.6 Å². The summed E-state index contributed by atoms with van der Waals surface area (Å²) in [4.78, 5) is 16.1. The molecule has 3 N–H and O–H groups in total. The maximum absolute atomic E-state index is 6.61. The largest absolute Gasteiger partial charge is 0.496 e. The van der Waals surface area contributed by atoms with Crippen molar-refractivity contribution in [1.29, 1.82) is 0 Å². The Kier molecular flexibility index (Phi) is 6.71. The number of ether oxygens (including phenoxy) is 1. The molecular weight excluding hydrogens is 454 g/mol. The van der Waals surface area contributed by atoms with Crippen LogP contribution in [0.25, 0.3) is 11.1 Å². The fourth-order valence-electron chi connectivity index (χ4n) is 3.10. The molecule has 0 bridgehead atoms. The van der Waals surface area contributed by atoms with Gasteiger partial charge in [0.05, 0.1) is 11.7 Å². The molecule has 0 fully saturated rings. The maximum atomic E-state index is 6.61. The average molecular weight is 475 g/mol. The van der Waals surface area contributed by atoms with E-state index in [9.17, 15) is 0 Å². The Hall–Kier alpha value is -2.64. The zero-order chi connectivity index (χ0) is 21.0. The number of nitrogens with zero attached hydrogens (tertiary/aromatic N) is 3. The molecule has 2 aromatic heterocycles. The Morgan fingerprint density at radius 2 is 1.97 bits per heavy atom. The van der Waals surface area contributed by atoms with Crippen LogP contribution in [0.2, 0.25) is 5.02 Å². The standard InChI is InChI=1S/C21H21BrClN5O/c1-12(21-27-8-7-26-18(24)10-17(22)28-21)15-9-16(23)13(2)19(20(15)29-3)14-5-4-6-25-11-14/h4-12H,1-3H3,(H2,24,26)(H,27,28). The van der Waals surface area contributed by atoms with E-state index in [4.69, 9.17) is 22.1 Å². The van der Waals surface area contributed by atoms with Crippen LogP contribution in [0.4, 0.5) is 5.82 Å². The summed E-state index contributed by atoms with van der Waals surface area (Å²) in [7, 11) is 1.65. The van der Waals surface area contributed by atoms with E-state index in [1.807, 2.05) is 32.0 Å². The SMILES string of the molecule is COc1c(C(C)c2nccnc(N)cc(Br)[nH]2)cc(Cl)c(C)c1-c1cccnc1. The Morgan fingerprint density at radius 3 is 2.66 bits per heavy atom. The van der Waals surface area contributed by atoms with Gasteiger partial charge < -0.3 is 15.5 Å². The van der Waals surface area contributed by atoms with E-state index in [0.29, 0.717) is 21.3 Å². The highest BCUT2D eigenvalue weighted by Gasteiger charge is 2.22. The summed E-state index contributed by atoms with van der Waals surface area (Å²) in [6.07, 6.45) is 6.68. The number of hydrogen-bond acceptors (Lipinski definition) is 5. The Morgan fingerprint density at radius 1 is 1.21 bits per heavy atom. The highest BCUT2D eigenvalue weighted by atomic mass is 79.9. The zero-order valence-corrected chi connectivity index (χ0v) is 18.6. The Labute approximate surface area is 183 Å². The summed E-state index contributed by atoms with van der Waals surface area (Å²) in [6.45, 7) is 4.00. The van der Waals surface area contributed by atoms with E-state index in [0.717, 1.165) is 28.0 Å². The smallest absolute Gasteiger partial charge is 0.131 e. The Bertz CT molecular complexity index is 1070. The van der Waals surface area contributed by atoms with Gasteiger partial charge in [0.15, 0.2) is 0 Å². The predicted octanol–water partition coefficient (Wildman–Crippen LogP) is 5.46. The molecule has 3 aromatic rings. The van der Waals surface area contributed by atoms with Crippen molar-refractivity contribution in [3.8, 4) is 16.9 Å². The minimum absolute atomic E-state index is 0.164. The molecule has 8 heteroatoms. The highest BCUT2D eigenvalue weighted by Crippen LogP contribution is 2.43. The van der Waals surface area contributed by atoms with Crippen LogP contribution in [-0.4, -0.2) is 27.0 Å². The van der Waals surface area contributed by atoms with Crippen LogP contribution in [0.1, 0.15) is 29.8 Å². The lowest BCUT2D eigenvalue weighted by Crippen LogP contribution is -2.06. The van der Waals surface area contributed by atoms with Gasteiger partial charge in [-0.25, -0.2) is 9.97 Å². The number of rotatable bonds is 4. The van der Waals surface area contributed by atoms with Crippen molar-refractivity contribution < 1.29 is 4.74 Å². The topological polar surface area (TPSA) is 89.7 Å². The van der Waals surface area contributed by atoms with Gasteiger partial charge in [-0.15, -0.1) is 0 Å². The van der Waals surface area contributed by atoms with E-state index in [1.54, 1.807) is 38.0 Å². The van der Waals surface area contributed by atoms with Gasteiger partial charge in [-0.1, -0.05) is 24.6 Å². The number of nitrogen functional groups attached to an aromatic ring is 1. The second-order valence-corrected chi connectivity index (χ2v) is 7.69. The minimum Gasteiger partial charge on any atom is -0.496 e. The van der Waals surface area contributed by atoms with E-state index in [1.165, 1.54) is 0 Å². The number of anilines is 1. The van der Waals surface area contributed by atoms with Crippen molar-refractivity contribution in [2.24, 2.45) is 0 Å². The van der Waals surface area contributed by atoms with Crippen LogP contribution in [-0.2, 0) is 0 Å². The first-order valence-electron chi connectivity index (χ1n) is 8.90. The number of methoxy groups -OCH3 is 1. The number of benzene rings is 1. The fourth-order valence-corrected chi connectivity index (χ4v) is 3.75. The van der Waals surface area contributed by atoms with Gasteiger partial charge in [0.1, 0.15) is 17.4 Å². The first kappa shape index (κ1) is 21.1. The van der Waals surface area contributed by atoms with E-state index >= 15 is 0 Å². The van der Waals surface area contributed by atoms with Crippen LogP contribution in [0.3, 0.4) is 0 Å². The number of hydrogen-bond donors (Lipinski definition) is 2. The van der Waals surface area contributed by atoms with Gasteiger partial charge in [-0.3, -0.25) is 4.98 Å². The van der Waals surface area contributed by atoms with E-state index < -0.39 is 0 Å². The third-order valence-electron chi connectivity index (χ3n) is 4.56. The molecular formula is C21H21BrClN5O. The quantitative estimate of drug-likeness (QED) is 0.524. The second kappa shape index (κ2) is 9.24. The van der Waals surface area contributed by atoms with Crippen molar-refractivity contribution >= 4 is 33.3 Å². The van der Waals surface area contributed by atoms with Crippen molar-refractivity contribution in [1.82, 2.24) is 19.9 Å². The maximum Gasteiger partial charge on any atom is 0.131 e. The molecule has 0 aliphatic carbocycles. The molecule has 0 spiro atoms. The molecule has 0 radical (unpaired) electrons. The van der Waals surface area contributed by atoms with Crippen molar-refractivity contribution in [3.63, 3.8) is 0 Å². The van der Waals surface area contributed by atoms with Crippen LogP contribution in [0, 0.1) is 6.92 Å². The highest BCUT2D eigenvalue weighted by molar-refractivity contribution is 9.10. The molecule has 0 saturated heterocycles. The number of nitrogens with one attached hydrogen (secondary N) is 1. The summed E-state index contributed by atoms with van der Waals surface area (Å²) in [5.74, 6) is 1.61. The first-order chi connectivity index (χ1) is 13.9. The van der Waals surface area contributed by atoms with E-state index in [2.05, 4.69) is 35.9 Å². The van der Waals surface area contributed by atoms with Gasteiger partial charge in [0.25, 0.3) is 0 Å². The van der Waals surface area contributed by atoms with Gasteiger partial charge in [0, 0.05) is 58.5 Å². The number of pyridine rings is 1. The molecule has 29 heavy (non-hydrogen) atoms. The van der Waals surface area contributed by atoms with Crippen molar-refractivity contribution in [2.45, 2.75) is 19.8 Å². The summed E-state index contributed by atoms with van der Waals surface area (Å²) in [5.41, 5.74) is 9.50. The number of nitrogens with two attached hydrogens (primary N) is 1. The summed E-state index contributed by atoms with van der Waals surface area (Å²) in [6, 6.07) is 7.47. The first-order valence-corrected chi connectivity index (χ1v) is 10.1. The zero-order valence-electron chi connectivity index (χ0n) is 16.3. The molecule has 1 atom stereocenters. The molecule has 2 heterocycles. The summed E-state index contributed by atoms with van der Waals surface area (Å²) < 4.78 is 6.50. The predicted molar refractivity (Wildman–Crippen MR) is 120 cm³/mol. The molecule has 150 valence electrons. The van der Waals surface area contributed by atoms with Crippen LogP contribution in [0.5, 0.6) is 5.75 Å². The third kappa shape index (κ3) is 4.68. The molecule has 0 aliphatic heterocycles. The van der Waals surface area contributed by atoms with Gasteiger partial charge in [-0.2, -0.15) is 0 Å². The average Bonchev–Trinajstić information content (AvgIpc) is 2.79. The fraction of sp³-hybridized carbons (Fsp3) is 0.190. The van der Waals surface area contributed by atoms with Gasteiger partial charge in [-0.05, 0) is 40.5 Å². The summed E-state index contributed by atoms with van der Waals surface area (Å²) >= 11 is 10.1. The normalized spacial score (nSPS) is 11.6. The molecule has 0 amide bonds. The molecule has 1 aromatic carbocycles. The van der Waals surface area contributed by atoms with Gasteiger partial charge in [0.2, 0.25) is 0 Å². The summed E-state index contributed by atoms with van der Waals surface area (Å²) in [5, 5.41) is 0.646. The van der Waals surface area contributed by atoms with Crippen LogP contribution in [0.15, 0.2) is 53.7 Å². The lowest BCUT2D eigenvalue weighted by molar-refractivity contribution is 0.409. The minimum atomic E-state index is -0.164. The lowest BCUT2D eigenvalue weighted by atomic mass is 9.91. The number of halogens is 2.